The topological polar surface area (TPSA) is 41.2 Å². The standard InChI is InChI=1S/C15H18F3N3O/c1-9-6-21(7-10(2)22-9)8-12-11-4-3-5-19-14(11)20-13(12)15(16,17)18/h3-5,9-10H,6-8H2,1-2H3,(H,19,20)/t9-,10+. The highest BCUT2D eigenvalue weighted by atomic mass is 19.4. The molecular formula is C15H18F3N3O. The summed E-state index contributed by atoms with van der Waals surface area (Å²) in [6.45, 7) is 5.34. The number of halogens is 3. The van der Waals surface area contributed by atoms with Crippen molar-refractivity contribution in [3.8, 4) is 0 Å². The van der Waals surface area contributed by atoms with Gasteiger partial charge in [0, 0.05) is 36.8 Å². The van der Waals surface area contributed by atoms with E-state index in [-0.39, 0.29) is 30.0 Å². The highest BCUT2D eigenvalue weighted by Gasteiger charge is 2.37. The summed E-state index contributed by atoms with van der Waals surface area (Å²) in [5, 5.41) is 0.529. The van der Waals surface area contributed by atoms with Crippen LogP contribution in [-0.2, 0) is 17.5 Å². The number of nitrogens with zero attached hydrogens (tertiary/aromatic N) is 2. The first kappa shape index (κ1) is 15.3. The SMILES string of the molecule is C[C@@H]1CN(Cc2c(C(F)(F)F)[nH]c3ncccc23)C[C@H](C)O1. The van der Waals surface area contributed by atoms with E-state index in [1.807, 2.05) is 18.7 Å². The molecule has 7 heteroatoms. The van der Waals surface area contributed by atoms with Crippen molar-refractivity contribution in [1.29, 1.82) is 0 Å². The van der Waals surface area contributed by atoms with Crippen LogP contribution < -0.4 is 0 Å². The summed E-state index contributed by atoms with van der Waals surface area (Å²) in [6, 6.07) is 3.33. The molecule has 0 saturated carbocycles. The Bertz CT molecular complexity index is 658. The molecule has 3 rings (SSSR count). The first-order chi connectivity index (χ1) is 10.3. The maximum absolute atomic E-state index is 13.3. The minimum atomic E-state index is -4.42. The molecule has 2 atom stereocenters. The van der Waals surface area contributed by atoms with Gasteiger partial charge in [-0.15, -0.1) is 0 Å². The fraction of sp³-hybridized carbons (Fsp3) is 0.533. The van der Waals surface area contributed by atoms with Crippen LogP contribution in [0.1, 0.15) is 25.1 Å². The second-order valence-corrected chi connectivity index (χ2v) is 5.83. The average Bonchev–Trinajstić information content (AvgIpc) is 2.77. The molecule has 0 aromatic carbocycles. The van der Waals surface area contributed by atoms with Gasteiger partial charge >= 0.3 is 6.18 Å². The second-order valence-electron chi connectivity index (χ2n) is 5.83. The van der Waals surface area contributed by atoms with E-state index >= 15 is 0 Å². The molecule has 22 heavy (non-hydrogen) atoms. The first-order valence-electron chi connectivity index (χ1n) is 7.25. The van der Waals surface area contributed by atoms with E-state index in [2.05, 4.69) is 9.97 Å². The molecule has 1 N–H and O–H groups in total. The number of aromatic nitrogens is 2. The van der Waals surface area contributed by atoms with Gasteiger partial charge in [0.2, 0.25) is 0 Å². The van der Waals surface area contributed by atoms with Gasteiger partial charge in [0.1, 0.15) is 11.3 Å². The van der Waals surface area contributed by atoms with Gasteiger partial charge in [0.15, 0.2) is 0 Å². The van der Waals surface area contributed by atoms with E-state index < -0.39 is 11.9 Å². The molecule has 0 amide bonds. The Kier molecular flexibility index (Phi) is 3.86. The molecule has 1 fully saturated rings. The van der Waals surface area contributed by atoms with Gasteiger partial charge < -0.3 is 9.72 Å². The third-order valence-electron chi connectivity index (χ3n) is 3.84. The number of aromatic amines is 1. The molecule has 0 aliphatic carbocycles. The summed E-state index contributed by atoms with van der Waals surface area (Å²) < 4.78 is 45.5. The van der Waals surface area contributed by atoms with E-state index in [0.717, 1.165) is 0 Å². The molecule has 2 aromatic heterocycles. The molecule has 1 aliphatic rings. The van der Waals surface area contributed by atoms with Gasteiger partial charge in [0.25, 0.3) is 0 Å². The van der Waals surface area contributed by atoms with E-state index in [9.17, 15) is 13.2 Å². The molecule has 4 nitrogen and oxygen atoms in total. The van der Waals surface area contributed by atoms with Gasteiger partial charge in [-0.05, 0) is 26.0 Å². The van der Waals surface area contributed by atoms with E-state index in [1.165, 1.54) is 6.20 Å². The number of alkyl halides is 3. The number of ether oxygens (including phenoxy) is 1. The number of pyridine rings is 1. The van der Waals surface area contributed by atoms with E-state index in [0.29, 0.717) is 18.5 Å². The lowest BCUT2D eigenvalue weighted by atomic mass is 10.1. The molecular weight excluding hydrogens is 295 g/mol. The van der Waals surface area contributed by atoms with Crippen molar-refractivity contribution in [3.05, 3.63) is 29.6 Å². The fourth-order valence-electron chi connectivity index (χ4n) is 3.12. The van der Waals surface area contributed by atoms with E-state index in [1.54, 1.807) is 12.1 Å². The number of nitrogens with one attached hydrogen (secondary N) is 1. The Hall–Kier alpha value is -1.60. The molecule has 0 radical (unpaired) electrons. The monoisotopic (exact) mass is 313 g/mol. The number of hydrogen-bond acceptors (Lipinski definition) is 3. The van der Waals surface area contributed by atoms with Gasteiger partial charge in [-0.2, -0.15) is 13.2 Å². The van der Waals surface area contributed by atoms with Crippen LogP contribution in [0.3, 0.4) is 0 Å². The van der Waals surface area contributed by atoms with Crippen LogP contribution >= 0.6 is 0 Å². The van der Waals surface area contributed by atoms with Crippen LogP contribution in [-0.4, -0.2) is 40.2 Å². The Morgan fingerprint density at radius 3 is 2.64 bits per heavy atom. The highest BCUT2D eigenvalue weighted by Crippen LogP contribution is 2.35. The van der Waals surface area contributed by atoms with Crippen molar-refractivity contribution in [2.45, 2.75) is 38.8 Å². The van der Waals surface area contributed by atoms with Crippen molar-refractivity contribution >= 4 is 11.0 Å². The second kappa shape index (κ2) is 5.55. The third-order valence-corrected chi connectivity index (χ3v) is 3.84. The molecule has 1 saturated heterocycles. The molecule has 0 spiro atoms. The number of H-pyrrole nitrogens is 1. The van der Waals surface area contributed by atoms with Gasteiger partial charge in [-0.25, -0.2) is 4.98 Å². The summed E-state index contributed by atoms with van der Waals surface area (Å²) in [4.78, 5) is 8.43. The van der Waals surface area contributed by atoms with Crippen LogP contribution in [0.2, 0.25) is 0 Å². The number of rotatable bonds is 2. The predicted octanol–water partition coefficient (Wildman–Crippen LogP) is 3.19. The van der Waals surface area contributed by atoms with Gasteiger partial charge in [0.05, 0.1) is 12.2 Å². The Labute approximate surface area is 126 Å². The van der Waals surface area contributed by atoms with E-state index in [4.69, 9.17) is 4.74 Å². The maximum atomic E-state index is 13.3. The van der Waals surface area contributed by atoms with Crippen LogP contribution in [0.25, 0.3) is 11.0 Å². The van der Waals surface area contributed by atoms with Crippen LogP contribution in [0.4, 0.5) is 13.2 Å². The molecule has 120 valence electrons. The summed E-state index contributed by atoms with van der Waals surface area (Å²) >= 11 is 0. The van der Waals surface area contributed by atoms with Crippen molar-refractivity contribution in [2.75, 3.05) is 13.1 Å². The Morgan fingerprint density at radius 1 is 1.32 bits per heavy atom. The minimum absolute atomic E-state index is 0.0152. The maximum Gasteiger partial charge on any atom is 0.431 e. The van der Waals surface area contributed by atoms with Crippen LogP contribution in [0.15, 0.2) is 18.3 Å². The lowest BCUT2D eigenvalue weighted by Gasteiger charge is -2.35. The Balaban J connectivity index is 1.98. The zero-order valence-electron chi connectivity index (χ0n) is 12.4. The van der Waals surface area contributed by atoms with Gasteiger partial charge in [-0.3, -0.25) is 4.90 Å². The number of fused-ring (bicyclic) bond motifs is 1. The summed E-state index contributed by atoms with van der Waals surface area (Å²) in [5.41, 5.74) is -0.163. The first-order valence-corrected chi connectivity index (χ1v) is 7.25. The van der Waals surface area contributed by atoms with Crippen LogP contribution in [0.5, 0.6) is 0 Å². The van der Waals surface area contributed by atoms with Crippen molar-refractivity contribution in [2.24, 2.45) is 0 Å². The zero-order chi connectivity index (χ0) is 15.9. The molecule has 3 heterocycles. The summed E-state index contributed by atoms with van der Waals surface area (Å²) in [5.74, 6) is 0. The fourth-order valence-corrected chi connectivity index (χ4v) is 3.12. The molecule has 0 bridgehead atoms. The summed E-state index contributed by atoms with van der Waals surface area (Å²) in [7, 11) is 0. The van der Waals surface area contributed by atoms with Crippen molar-refractivity contribution in [3.63, 3.8) is 0 Å². The smallest absolute Gasteiger partial charge is 0.373 e. The predicted molar refractivity (Wildman–Crippen MR) is 76.4 cm³/mol. The van der Waals surface area contributed by atoms with Crippen molar-refractivity contribution in [1.82, 2.24) is 14.9 Å². The van der Waals surface area contributed by atoms with Gasteiger partial charge in [-0.1, -0.05) is 0 Å². The lowest BCUT2D eigenvalue weighted by Crippen LogP contribution is -2.45. The Morgan fingerprint density at radius 2 is 2.00 bits per heavy atom. The normalized spacial score (nSPS) is 24.0. The zero-order valence-corrected chi connectivity index (χ0v) is 12.4. The molecule has 2 aromatic rings. The van der Waals surface area contributed by atoms with Crippen molar-refractivity contribution < 1.29 is 17.9 Å². The number of hydrogen-bond donors (Lipinski definition) is 1. The van der Waals surface area contributed by atoms with Crippen LogP contribution in [0, 0.1) is 0 Å². The minimum Gasteiger partial charge on any atom is -0.373 e. The quantitative estimate of drug-likeness (QED) is 0.926. The lowest BCUT2D eigenvalue weighted by molar-refractivity contribution is -0.141. The summed E-state index contributed by atoms with van der Waals surface area (Å²) in [6.07, 6.45) is -2.90. The number of morpholine rings is 1. The largest absolute Gasteiger partial charge is 0.431 e. The third kappa shape index (κ3) is 2.96. The molecule has 1 aliphatic heterocycles. The molecule has 0 unspecified atom stereocenters. The average molecular weight is 313 g/mol. The highest BCUT2D eigenvalue weighted by molar-refractivity contribution is 5.81.